The number of ether oxygens (including phenoxy) is 2. The average molecular weight is 529 g/mol. The lowest BCUT2D eigenvalue weighted by Crippen LogP contribution is -2.52. The zero-order valence-electron chi connectivity index (χ0n) is 22.2. The van der Waals surface area contributed by atoms with Gasteiger partial charge in [-0.3, -0.25) is 19.6 Å². The van der Waals surface area contributed by atoms with E-state index in [0.717, 1.165) is 35.0 Å². The van der Waals surface area contributed by atoms with Crippen LogP contribution in [0.2, 0.25) is 0 Å². The maximum absolute atomic E-state index is 13.6. The number of hydrazine groups is 1. The fourth-order valence-electron chi connectivity index (χ4n) is 5.66. The lowest BCUT2D eigenvalue weighted by molar-refractivity contribution is -0.00585. The third kappa shape index (κ3) is 4.58. The van der Waals surface area contributed by atoms with Crippen molar-refractivity contribution in [2.24, 2.45) is 10.8 Å². The van der Waals surface area contributed by atoms with Crippen LogP contribution < -0.4 is 20.7 Å². The van der Waals surface area contributed by atoms with Crippen molar-refractivity contribution in [3.8, 4) is 11.5 Å². The summed E-state index contributed by atoms with van der Waals surface area (Å²) in [5.41, 5.74) is 5.22. The van der Waals surface area contributed by atoms with Gasteiger partial charge >= 0.3 is 0 Å². The Morgan fingerprint density at radius 1 is 1.26 bits per heavy atom. The van der Waals surface area contributed by atoms with E-state index in [-0.39, 0.29) is 18.1 Å². The maximum atomic E-state index is 13.6. The van der Waals surface area contributed by atoms with E-state index in [1.165, 1.54) is 0 Å². The van der Waals surface area contributed by atoms with Crippen LogP contribution in [0, 0.1) is 0 Å². The summed E-state index contributed by atoms with van der Waals surface area (Å²) in [4.78, 5) is 42.1. The summed E-state index contributed by atoms with van der Waals surface area (Å²) in [6.45, 7) is 3.35. The Labute approximate surface area is 226 Å². The second-order valence-electron chi connectivity index (χ2n) is 10.4. The standard InChI is InChI=1S/C29H32N6O4/c1-3-38-24-15-21(33-26-19(24)8-11-32-25(26)17-4-5-17)28(37)35-12-9-29(10-13-35)16-22(36)20-14-18(27(31-2)34-30)6-7-23(20)39-29/h6-8,11,14-15,17H,3-5,9-10,12-13,16,30H2,1-2H3,(H,31,34). The Bertz CT molecular complexity index is 1490. The Morgan fingerprint density at radius 3 is 2.74 bits per heavy atom. The molecule has 10 heteroatoms. The fourth-order valence-corrected chi connectivity index (χ4v) is 5.66. The highest BCUT2D eigenvalue weighted by Crippen LogP contribution is 2.43. The quantitative estimate of drug-likeness (QED) is 0.223. The molecule has 39 heavy (non-hydrogen) atoms. The van der Waals surface area contributed by atoms with Gasteiger partial charge in [0, 0.05) is 62.1 Å². The molecule has 4 heterocycles. The largest absolute Gasteiger partial charge is 0.493 e. The molecule has 202 valence electrons. The molecule has 10 nitrogen and oxygen atoms in total. The highest BCUT2D eigenvalue weighted by Gasteiger charge is 2.44. The number of fused-ring (bicyclic) bond motifs is 2. The molecule has 2 fully saturated rings. The fraction of sp³-hybridized carbons (Fsp3) is 0.414. The van der Waals surface area contributed by atoms with Gasteiger partial charge in [0.2, 0.25) is 0 Å². The first-order chi connectivity index (χ1) is 18.9. The SMILES string of the molecule is CCOc1cc(C(=O)N2CCC3(CC2)CC(=O)c2cc(C(=NC)NN)ccc2O3)nc2c(C3CC3)nccc12. The zero-order chi connectivity index (χ0) is 27.1. The molecule has 3 aromatic rings. The van der Waals surface area contributed by atoms with Gasteiger partial charge < -0.3 is 19.8 Å². The maximum Gasteiger partial charge on any atom is 0.272 e. The number of carbonyl (C=O) groups excluding carboxylic acids is 2. The van der Waals surface area contributed by atoms with E-state index >= 15 is 0 Å². The molecule has 2 aliphatic heterocycles. The van der Waals surface area contributed by atoms with Crippen molar-refractivity contribution in [1.82, 2.24) is 20.3 Å². The van der Waals surface area contributed by atoms with E-state index in [4.69, 9.17) is 20.3 Å². The van der Waals surface area contributed by atoms with Crippen molar-refractivity contribution >= 4 is 28.4 Å². The van der Waals surface area contributed by atoms with Crippen LogP contribution in [-0.2, 0) is 0 Å². The van der Waals surface area contributed by atoms with Gasteiger partial charge in [0.15, 0.2) is 5.78 Å². The summed E-state index contributed by atoms with van der Waals surface area (Å²) in [6, 6.07) is 9.03. The normalized spacial score (nSPS) is 18.6. The van der Waals surface area contributed by atoms with E-state index in [1.807, 2.05) is 19.1 Å². The molecule has 1 saturated carbocycles. The summed E-state index contributed by atoms with van der Waals surface area (Å²) < 4.78 is 12.3. The number of aliphatic imine (C=N–C) groups is 1. The number of Topliss-reactive ketones (excluding diaryl/α,β-unsaturated/α-hetero) is 1. The Morgan fingerprint density at radius 2 is 2.05 bits per heavy atom. The number of nitrogens with one attached hydrogen (secondary N) is 1. The number of amides is 1. The van der Waals surface area contributed by atoms with E-state index in [2.05, 4.69) is 15.4 Å². The summed E-state index contributed by atoms with van der Waals surface area (Å²) in [5.74, 6) is 7.51. The second-order valence-corrected chi connectivity index (χ2v) is 10.4. The highest BCUT2D eigenvalue weighted by molar-refractivity contribution is 6.05. The molecule has 3 aliphatic rings. The lowest BCUT2D eigenvalue weighted by atomic mass is 9.82. The van der Waals surface area contributed by atoms with Crippen molar-refractivity contribution in [1.29, 1.82) is 0 Å². The number of nitrogens with two attached hydrogens (primary N) is 1. The van der Waals surface area contributed by atoms with Crippen molar-refractivity contribution in [2.75, 3.05) is 26.7 Å². The molecule has 0 atom stereocenters. The second kappa shape index (κ2) is 9.92. The number of rotatable bonds is 5. The minimum Gasteiger partial charge on any atom is -0.493 e. The molecule has 6 rings (SSSR count). The van der Waals surface area contributed by atoms with Gasteiger partial charge in [-0.25, -0.2) is 10.8 Å². The zero-order valence-corrected chi connectivity index (χ0v) is 22.2. The molecule has 0 radical (unpaired) electrons. The van der Waals surface area contributed by atoms with Gasteiger partial charge in [-0.15, -0.1) is 0 Å². The van der Waals surface area contributed by atoms with Gasteiger partial charge in [-0.2, -0.15) is 0 Å². The first-order valence-corrected chi connectivity index (χ1v) is 13.5. The van der Waals surface area contributed by atoms with Crippen LogP contribution in [-0.4, -0.2) is 64.7 Å². The highest BCUT2D eigenvalue weighted by atomic mass is 16.5. The number of benzene rings is 1. The molecule has 1 spiro atoms. The van der Waals surface area contributed by atoms with Crippen LogP contribution in [0.4, 0.5) is 0 Å². The van der Waals surface area contributed by atoms with Crippen molar-refractivity contribution in [2.45, 2.75) is 50.5 Å². The van der Waals surface area contributed by atoms with Gasteiger partial charge in [-0.1, -0.05) is 0 Å². The van der Waals surface area contributed by atoms with E-state index in [9.17, 15) is 9.59 Å². The summed E-state index contributed by atoms with van der Waals surface area (Å²) in [6.07, 6.45) is 5.34. The molecule has 1 amide bonds. The summed E-state index contributed by atoms with van der Waals surface area (Å²) >= 11 is 0. The van der Waals surface area contributed by atoms with Crippen LogP contribution >= 0.6 is 0 Å². The molecule has 1 saturated heterocycles. The minimum absolute atomic E-state index is 0.0167. The smallest absolute Gasteiger partial charge is 0.272 e. The number of hydrogen-bond acceptors (Lipinski definition) is 8. The Balaban J connectivity index is 1.22. The Kier molecular flexibility index (Phi) is 6.42. The molecular weight excluding hydrogens is 496 g/mol. The van der Waals surface area contributed by atoms with Crippen LogP contribution in [0.25, 0.3) is 10.9 Å². The minimum atomic E-state index is -0.632. The van der Waals surface area contributed by atoms with Gasteiger partial charge in [0.05, 0.1) is 29.8 Å². The third-order valence-electron chi connectivity index (χ3n) is 7.89. The number of likely N-dealkylation sites (tertiary alicyclic amines) is 1. The number of amidine groups is 1. The molecule has 0 bridgehead atoms. The van der Waals surface area contributed by atoms with Gasteiger partial charge in [0.25, 0.3) is 5.91 Å². The van der Waals surface area contributed by atoms with Crippen molar-refractivity contribution in [3.05, 3.63) is 59.0 Å². The number of piperidine rings is 1. The molecule has 0 unspecified atom stereocenters. The number of carbonyl (C=O) groups is 2. The number of nitrogens with zero attached hydrogens (tertiary/aromatic N) is 4. The van der Waals surface area contributed by atoms with Crippen LogP contribution in [0.5, 0.6) is 11.5 Å². The number of ketones is 1. The van der Waals surface area contributed by atoms with Crippen molar-refractivity contribution < 1.29 is 19.1 Å². The van der Waals surface area contributed by atoms with Crippen LogP contribution in [0.1, 0.15) is 77.0 Å². The third-order valence-corrected chi connectivity index (χ3v) is 7.89. The van der Waals surface area contributed by atoms with E-state index in [0.29, 0.717) is 67.0 Å². The monoisotopic (exact) mass is 528 g/mol. The number of aromatic nitrogens is 2. The lowest BCUT2D eigenvalue weighted by Gasteiger charge is -2.44. The number of pyridine rings is 2. The van der Waals surface area contributed by atoms with Gasteiger partial charge in [0.1, 0.15) is 28.6 Å². The number of hydrogen-bond donors (Lipinski definition) is 2. The van der Waals surface area contributed by atoms with Gasteiger partial charge in [-0.05, 0) is 44.0 Å². The predicted molar refractivity (Wildman–Crippen MR) is 146 cm³/mol. The first-order valence-electron chi connectivity index (χ1n) is 13.5. The van der Waals surface area contributed by atoms with E-state index < -0.39 is 5.60 Å². The Hall–Kier alpha value is -4.05. The molecule has 3 N–H and O–H groups in total. The average Bonchev–Trinajstić information content (AvgIpc) is 3.79. The first kappa shape index (κ1) is 25.2. The predicted octanol–water partition coefficient (Wildman–Crippen LogP) is 3.39. The molecular formula is C29H32N6O4. The molecule has 1 aliphatic carbocycles. The molecule has 1 aromatic carbocycles. The summed E-state index contributed by atoms with van der Waals surface area (Å²) in [7, 11) is 1.63. The van der Waals surface area contributed by atoms with Crippen LogP contribution in [0.3, 0.4) is 0 Å². The topological polar surface area (TPSA) is 132 Å². The summed E-state index contributed by atoms with van der Waals surface area (Å²) in [5, 5.41) is 0.887. The van der Waals surface area contributed by atoms with Crippen LogP contribution in [0.15, 0.2) is 41.5 Å². The van der Waals surface area contributed by atoms with Crippen molar-refractivity contribution in [3.63, 3.8) is 0 Å². The molecule has 2 aromatic heterocycles. The van der Waals surface area contributed by atoms with E-state index in [1.54, 1.807) is 36.3 Å².